The second-order valence-electron chi connectivity index (χ2n) is 16.7. The van der Waals surface area contributed by atoms with E-state index < -0.39 is 23.8 Å². The Hall–Kier alpha value is -6.46. The first-order valence-corrected chi connectivity index (χ1v) is 21.6. The largest absolute Gasteiger partial charge is 0.371 e. The molecule has 5 amide bonds. The van der Waals surface area contributed by atoms with Crippen molar-refractivity contribution in [2.75, 3.05) is 60.9 Å². The van der Waals surface area contributed by atoms with Gasteiger partial charge in [-0.2, -0.15) is 0 Å². The van der Waals surface area contributed by atoms with Gasteiger partial charge in [0.25, 0.3) is 17.7 Å². The summed E-state index contributed by atoms with van der Waals surface area (Å²) >= 11 is 6.15. The zero-order chi connectivity index (χ0) is 42.5. The molecular formula is C44H45ClN12O5. The lowest BCUT2D eigenvalue weighted by Gasteiger charge is -2.40. The van der Waals surface area contributed by atoms with Gasteiger partial charge in [-0.15, -0.1) is 0 Å². The minimum absolute atomic E-state index is 0.00706. The first-order valence-electron chi connectivity index (χ1n) is 21.2. The Kier molecular flexibility index (Phi) is 10.5. The van der Waals surface area contributed by atoms with Gasteiger partial charge in [0.05, 0.1) is 22.5 Å². The minimum Gasteiger partial charge on any atom is -0.371 e. The molecule has 2 aromatic carbocycles. The fraction of sp³-hybridized carbons (Fsp3) is 0.386. The van der Waals surface area contributed by atoms with Crippen LogP contribution in [-0.4, -0.2) is 122 Å². The lowest BCUT2D eigenvalue weighted by Crippen LogP contribution is -2.54. The van der Waals surface area contributed by atoms with E-state index in [4.69, 9.17) is 11.6 Å². The number of aromatic nitrogens is 5. The van der Waals surface area contributed by atoms with Gasteiger partial charge in [0.1, 0.15) is 18.1 Å². The molecule has 1 unspecified atom stereocenters. The summed E-state index contributed by atoms with van der Waals surface area (Å²) in [5.74, 6) is -1.03. The van der Waals surface area contributed by atoms with Gasteiger partial charge >= 0.3 is 0 Å². The first kappa shape index (κ1) is 39.7. The van der Waals surface area contributed by atoms with Gasteiger partial charge in [0.2, 0.25) is 11.8 Å². The van der Waals surface area contributed by atoms with Crippen molar-refractivity contribution < 1.29 is 24.0 Å². The van der Waals surface area contributed by atoms with E-state index in [-0.39, 0.29) is 42.4 Å². The quantitative estimate of drug-likeness (QED) is 0.170. The smallest absolute Gasteiger partial charge is 0.271 e. The molecule has 1 saturated carbocycles. The number of pyridine rings is 1. The summed E-state index contributed by atoms with van der Waals surface area (Å²) in [7, 11) is 0. The fourth-order valence-corrected chi connectivity index (χ4v) is 9.63. The number of imide groups is 2. The van der Waals surface area contributed by atoms with E-state index in [9.17, 15) is 24.0 Å². The summed E-state index contributed by atoms with van der Waals surface area (Å²) in [6.07, 6.45) is 8.68. The molecule has 4 fully saturated rings. The van der Waals surface area contributed by atoms with Gasteiger partial charge in [0.15, 0.2) is 17.0 Å². The van der Waals surface area contributed by atoms with Crippen LogP contribution in [0.25, 0.3) is 11.2 Å². The Labute approximate surface area is 361 Å². The normalized spacial score (nSPS) is 22.1. The summed E-state index contributed by atoms with van der Waals surface area (Å²) < 4.78 is 2.05. The molecule has 5 aliphatic rings. The highest BCUT2D eigenvalue weighted by molar-refractivity contribution is 6.33. The molecule has 0 radical (unpaired) electrons. The van der Waals surface area contributed by atoms with Gasteiger partial charge < -0.3 is 25.0 Å². The van der Waals surface area contributed by atoms with Crippen molar-refractivity contribution in [2.24, 2.45) is 5.92 Å². The lowest BCUT2D eigenvalue weighted by molar-refractivity contribution is -0.136. The van der Waals surface area contributed by atoms with E-state index in [0.717, 1.165) is 93.4 Å². The predicted molar refractivity (Wildman–Crippen MR) is 231 cm³/mol. The number of piperidine rings is 2. The summed E-state index contributed by atoms with van der Waals surface area (Å²) in [6.45, 7) is 6.61. The van der Waals surface area contributed by atoms with Crippen molar-refractivity contribution in [2.45, 2.75) is 56.7 Å². The summed E-state index contributed by atoms with van der Waals surface area (Å²) in [5.41, 5.74) is 5.25. The number of hydrogen-bond acceptors (Lipinski definition) is 13. The van der Waals surface area contributed by atoms with Crippen LogP contribution in [0.15, 0.2) is 73.4 Å². The Morgan fingerprint density at radius 2 is 1.55 bits per heavy atom. The molecule has 17 nitrogen and oxygen atoms in total. The van der Waals surface area contributed by atoms with E-state index in [1.807, 2.05) is 6.07 Å². The Morgan fingerprint density at radius 1 is 0.806 bits per heavy atom. The van der Waals surface area contributed by atoms with Crippen LogP contribution in [0.4, 0.5) is 22.9 Å². The zero-order valence-electron chi connectivity index (χ0n) is 33.9. The van der Waals surface area contributed by atoms with Crippen LogP contribution >= 0.6 is 11.6 Å². The van der Waals surface area contributed by atoms with E-state index in [0.29, 0.717) is 33.4 Å². The number of nitrogens with zero attached hydrogens (tertiary/aromatic N) is 9. The second kappa shape index (κ2) is 16.4. The van der Waals surface area contributed by atoms with Crippen LogP contribution in [0.3, 0.4) is 0 Å². The second-order valence-corrected chi connectivity index (χ2v) is 17.2. The highest BCUT2D eigenvalue weighted by Gasteiger charge is 2.45. The SMILES string of the molecule is O=C1CCC(N2C(=O)c3ccc(N4CCC(CN5CCN(c6ccc(Nc7ncnc8c7ncn8C7CC(NC(=O)c8ncccc8Cl)C7)cc6)CC5)CC4)cc3C2=O)C(=O)N1. The molecule has 1 aliphatic carbocycles. The number of carbonyl (C=O) groups excluding carboxylic acids is 5. The average molecular weight is 857 g/mol. The molecule has 7 heterocycles. The molecule has 18 heteroatoms. The Morgan fingerprint density at radius 3 is 2.31 bits per heavy atom. The average Bonchev–Trinajstić information content (AvgIpc) is 3.81. The maximum absolute atomic E-state index is 13.4. The summed E-state index contributed by atoms with van der Waals surface area (Å²) in [6, 6.07) is 16.3. The molecule has 4 aliphatic heterocycles. The zero-order valence-corrected chi connectivity index (χ0v) is 34.6. The number of imidazole rings is 1. The molecule has 5 aromatic rings. The molecule has 3 aromatic heterocycles. The fourth-order valence-electron chi connectivity index (χ4n) is 9.43. The van der Waals surface area contributed by atoms with Crippen molar-refractivity contribution in [1.29, 1.82) is 0 Å². The number of fused-ring (bicyclic) bond motifs is 2. The van der Waals surface area contributed by atoms with Crippen LogP contribution in [0.5, 0.6) is 0 Å². The molecule has 0 spiro atoms. The maximum Gasteiger partial charge on any atom is 0.271 e. The van der Waals surface area contributed by atoms with Crippen LogP contribution in [-0.2, 0) is 9.59 Å². The van der Waals surface area contributed by atoms with Gasteiger partial charge in [-0.25, -0.2) is 19.9 Å². The maximum atomic E-state index is 13.4. The van der Waals surface area contributed by atoms with Gasteiger partial charge in [-0.1, -0.05) is 11.6 Å². The summed E-state index contributed by atoms with van der Waals surface area (Å²) in [5, 5.41) is 9.04. The number of halogens is 1. The molecule has 3 N–H and O–H groups in total. The van der Waals surface area contributed by atoms with Crippen molar-refractivity contribution in [1.82, 2.24) is 44.9 Å². The summed E-state index contributed by atoms with van der Waals surface area (Å²) in [4.78, 5) is 89.4. The van der Waals surface area contributed by atoms with Crippen molar-refractivity contribution in [3.8, 4) is 0 Å². The van der Waals surface area contributed by atoms with Crippen molar-refractivity contribution >= 4 is 75.2 Å². The molecule has 62 heavy (non-hydrogen) atoms. The van der Waals surface area contributed by atoms with Gasteiger partial charge in [0, 0.05) is 87.6 Å². The molecular weight excluding hydrogens is 812 g/mol. The van der Waals surface area contributed by atoms with Crippen molar-refractivity contribution in [3.63, 3.8) is 0 Å². The highest BCUT2D eigenvalue weighted by Crippen LogP contribution is 2.36. The monoisotopic (exact) mass is 856 g/mol. The third-order valence-electron chi connectivity index (χ3n) is 13.0. The number of nitrogens with one attached hydrogen (secondary N) is 3. The standard InChI is InChI=1S/C44H45ClN12O5/c45-34-2-1-13-46-37(34)42(60)51-28-20-31(21-28)56-25-49-38-39(47-24-48-40(38)56)50-27-3-5-29(6-4-27)55-18-16-53(17-19-55)23-26-11-14-54(15-12-26)30-7-8-32-33(22-30)44(62)57(43(32)61)35-9-10-36(58)52-41(35)59/h1-8,13,22,24-26,28,31,35H,9-12,14-21,23H2,(H,51,60)(H,47,48,50)(H,52,58,59). The van der Waals surface area contributed by atoms with Crippen LogP contribution in [0.2, 0.25) is 5.02 Å². The number of carbonyl (C=O) groups is 5. The van der Waals surface area contributed by atoms with E-state index >= 15 is 0 Å². The molecule has 10 rings (SSSR count). The molecule has 318 valence electrons. The van der Waals surface area contributed by atoms with Crippen molar-refractivity contribution in [3.05, 3.63) is 95.3 Å². The Balaban J connectivity index is 0.681. The van der Waals surface area contributed by atoms with E-state index in [1.54, 1.807) is 43.1 Å². The molecule has 0 bridgehead atoms. The number of piperazine rings is 1. The molecule has 1 atom stereocenters. The predicted octanol–water partition coefficient (Wildman–Crippen LogP) is 4.19. The third kappa shape index (κ3) is 7.59. The third-order valence-corrected chi connectivity index (χ3v) is 13.3. The number of amides is 5. The topological polar surface area (TPSA) is 191 Å². The number of hydrogen-bond donors (Lipinski definition) is 3. The van der Waals surface area contributed by atoms with E-state index in [2.05, 4.69) is 79.4 Å². The Bertz CT molecular complexity index is 2580. The number of rotatable bonds is 10. The minimum atomic E-state index is -0.969. The molecule has 3 saturated heterocycles. The number of benzene rings is 2. The van der Waals surface area contributed by atoms with Crippen LogP contribution in [0.1, 0.15) is 75.8 Å². The van der Waals surface area contributed by atoms with Crippen LogP contribution < -0.4 is 25.8 Å². The lowest BCUT2D eigenvalue weighted by atomic mass is 9.86. The highest BCUT2D eigenvalue weighted by atomic mass is 35.5. The first-order chi connectivity index (χ1) is 30.2. The van der Waals surface area contributed by atoms with Gasteiger partial charge in [-0.05, 0) is 92.6 Å². The van der Waals surface area contributed by atoms with Crippen LogP contribution in [0, 0.1) is 5.92 Å². The van der Waals surface area contributed by atoms with E-state index in [1.165, 1.54) is 5.69 Å². The van der Waals surface area contributed by atoms with Gasteiger partial charge in [-0.3, -0.25) is 39.1 Å². The number of anilines is 4.